The van der Waals surface area contributed by atoms with Crippen molar-refractivity contribution in [2.24, 2.45) is 0 Å². The number of Topliss-reactive ketones (excluding diaryl/α,β-unsaturated/α-hetero) is 1. The number of nitrogens with zero attached hydrogens (tertiary/aromatic N) is 1. The zero-order valence-corrected chi connectivity index (χ0v) is 16.9. The van der Waals surface area contributed by atoms with Gasteiger partial charge in [0.25, 0.3) is 11.7 Å². The highest BCUT2D eigenvalue weighted by Crippen LogP contribution is 2.41. The predicted octanol–water partition coefficient (Wildman–Crippen LogP) is 1.93. The summed E-state index contributed by atoms with van der Waals surface area (Å²) in [6, 6.07) is 9.00. The molecule has 6 heteroatoms. The van der Waals surface area contributed by atoms with Gasteiger partial charge in [-0.1, -0.05) is 23.8 Å². The Hall–Kier alpha value is -2.44. The highest BCUT2D eigenvalue weighted by Gasteiger charge is 2.46. The van der Waals surface area contributed by atoms with E-state index in [1.54, 1.807) is 4.90 Å². The monoisotopic (exact) mass is 385 g/mol. The Labute approximate surface area is 163 Å². The van der Waals surface area contributed by atoms with Crippen LogP contribution in [-0.4, -0.2) is 48.9 Å². The maximum absolute atomic E-state index is 12.9. The molecule has 5 nitrogen and oxygen atoms in total. The van der Waals surface area contributed by atoms with Gasteiger partial charge in [0.1, 0.15) is 5.76 Å². The van der Waals surface area contributed by atoms with Crippen LogP contribution in [0.2, 0.25) is 0 Å². The molecule has 0 bridgehead atoms. The molecule has 1 aromatic heterocycles. The number of nitrogens with one attached hydrogen (secondary N) is 1. The summed E-state index contributed by atoms with van der Waals surface area (Å²) in [5.74, 6) is -1.24. The number of rotatable bonds is 5. The third kappa shape index (κ3) is 3.68. The minimum atomic E-state index is -0.611. The molecule has 0 aliphatic carbocycles. The number of aliphatic hydroxyl groups excluding tert-OH is 1. The van der Waals surface area contributed by atoms with Crippen LogP contribution in [-0.2, 0) is 9.59 Å². The second-order valence-electron chi connectivity index (χ2n) is 7.28. The Morgan fingerprint density at radius 1 is 1.22 bits per heavy atom. The molecule has 0 spiro atoms. The van der Waals surface area contributed by atoms with E-state index < -0.39 is 17.7 Å². The lowest BCUT2D eigenvalue weighted by Crippen LogP contribution is -3.06. The molecular formula is C21H25N2O3S+. The van der Waals surface area contributed by atoms with E-state index in [9.17, 15) is 14.7 Å². The van der Waals surface area contributed by atoms with Crippen molar-refractivity contribution in [2.75, 3.05) is 27.2 Å². The Morgan fingerprint density at radius 2 is 1.96 bits per heavy atom. The number of aryl methyl sites for hydroxylation is 2. The van der Waals surface area contributed by atoms with Gasteiger partial charge >= 0.3 is 0 Å². The van der Waals surface area contributed by atoms with Gasteiger partial charge in [-0.15, -0.1) is 11.3 Å². The van der Waals surface area contributed by atoms with E-state index in [0.717, 1.165) is 22.5 Å². The largest absolute Gasteiger partial charge is 0.507 e. The molecule has 0 radical (unpaired) electrons. The molecule has 142 valence electrons. The number of benzene rings is 1. The van der Waals surface area contributed by atoms with Crippen LogP contribution in [0.4, 0.5) is 0 Å². The van der Waals surface area contributed by atoms with Crippen LogP contribution >= 0.6 is 11.3 Å². The van der Waals surface area contributed by atoms with Crippen LogP contribution < -0.4 is 4.90 Å². The average molecular weight is 386 g/mol. The van der Waals surface area contributed by atoms with Crippen molar-refractivity contribution in [3.05, 3.63) is 62.9 Å². The lowest BCUT2D eigenvalue weighted by atomic mass is 9.96. The third-order valence-corrected chi connectivity index (χ3v) is 5.78. The van der Waals surface area contributed by atoms with Gasteiger partial charge in [0.05, 0.1) is 38.8 Å². The van der Waals surface area contributed by atoms with E-state index in [1.807, 2.05) is 63.7 Å². The van der Waals surface area contributed by atoms with Gasteiger partial charge in [-0.05, 0) is 36.9 Å². The molecular weight excluding hydrogens is 360 g/mol. The van der Waals surface area contributed by atoms with Crippen molar-refractivity contribution in [2.45, 2.75) is 19.9 Å². The summed E-state index contributed by atoms with van der Waals surface area (Å²) in [4.78, 5) is 29.3. The van der Waals surface area contributed by atoms with Gasteiger partial charge in [0.15, 0.2) is 0 Å². The van der Waals surface area contributed by atoms with Crippen molar-refractivity contribution in [3.63, 3.8) is 0 Å². The molecule has 1 fully saturated rings. The fourth-order valence-electron chi connectivity index (χ4n) is 3.33. The standard InChI is InChI=1S/C21H24N2O3S/c1-13-7-8-14(2)15(12-13)19(24)17-18(16-6-5-11-27-16)23(10-9-22(3)4)21(26)20(17)25/h5-8,11-12,18,24H,9-10H2,1-4H3/p+1/t18-/m1/s1. The fraction of sp³-hybridized carbons (Fsp3) is 0.333. The van der Waals surface area contributed by atoms with Crippen molar-refractivity contribution in [1.82, 2.24) is 4.90 Å². The van der Waals surface area contributed by atoms with Gasteiger partial charge in [-0.25, -0.2) is 0 Å². The summed E-state index contributed by atoms with van der Waals surface area (Å²) < 4.78 is 0. The number of ketones is 1. The van der Waals surface area contributed by atoms with Crippen LogP contribution in [0.3, 0.4) is 0 Å². The number of hydrogen-bond donors (Lipinski definition) is 2. The Morgan fingerprint density at radius 3 is 2.59 bits per heavy atom. The smallest absolute Gasteiger partial charge is 0.295 e. The van der Waals surface area contributed by atoms with Gasteiger partial charge in [0.2, 0.25) is 0 Å². The highest BCUT2D eigenvalue weighted by atomic mass is 32.1. The maximum atomic E-state index is 12.9. The van der Waals surface area contributed by atoms with Crippen LogP contribution in [0.5, 0.6) is 0 Å². The SMILES string of the molecule is Cc1ccc(C)c(C(O)=C2C(=O)C(=O)N(CC[NH+](C)C)[C@@H]2c2cccs2)c1. The molecule has 1 aromatic carbocycles. The number of likely N-dealkylation sites (N-methyl/N-ethyl adjacent to an activating group) is 1. The van der Waals surface area contributed by atoms with Crippen LogP contribution in [0.1, 0.15) is 27.6 Å². The van der Waals surface area contributed by atoms with Crippen molar-refractivity contribution >= 4 is 28.8 Å². The number of hydrogen-bond acceptors (Lipinski definition) is 4. The van der Waals surface area contributed by atoms with Crippen molar-refractivity contribution in [3.8, 4) is 0 Å². The minimum absolute atomic E-state index is 0.0901. The van der Waals surface area contributed by atoms with E-state index in [-0.39, 0.29) is 11.3 Å². The maximum Gasteiger partial charge on any atom is 0.295 e. The van der Waals surface area contributed by atoms with E-state index in [4.69, 9.17) is 0 Å². The fourth-order valence-corrected chi connectivity index (χ4v) is 4.18. The van der Waals surface area contributed by atoms with E-state index in [1.165, 1.54) is 16.2 Å². The minimum Gasteiger partial charge on any atom is -0.507 e. The normalized spacial score (nSPS) is 19.3. The summed E-state index contributed by atoms with van der Waals surface area (Å²) in [5.41, 5.74) is 2.64. The van der Waals surface area contributed by atoms with Gasteiger partial charge in [-0.2, -0.15) is 0 Å². The number of quaternary nitrogens is 1. The molecule has 1 amide bonds. The van der Waals surface area contributed by atoms with E-state index in [0.29, 0.717) is 12.1 Å². The Balaban J connectivity index is 2.15. The summed E-state index contributed by atoms with van der Waals surface area (Å²) >= 11 is 1.49. The molecule has 1 atom stereocenters. The molecule has 27 heavy (non-hydrogen) atoms. The molecule has 2 N–H and O–H groups in total. The molecule has 1 aliphatic rings. The second-order valence-corrected chi connectivity index (χ2v) is 8.26. The molecule has 0 unspecified atom stereocenters. The molecule has 2 aromatic rings. The summed E-state index contributed by atoms with van der Waals surface area (Å²) in [6.07, 6.45) is 0. The molecule has 1 aliphatic heterocycles. The number of carbonyl (C=O) groups is 2. The Bertz CT molecular complexity index is 900. The highest BCUT2D eigenvalue weighted by molar-refractivity contribution is 7.10. The molecule has 1 saturated heterocycles. The van der Waals surface area contributed by atoms with E-state index in [2.05, 4.69) is 0 Å². The van der Waals surface area contributed by atoms with Gasteiger partial charge in [-0.3, -0.25) is 9.59 Å². The number of amides is 1. The topological polar surface area (TPSA) is 62.0 Å². The number of carbonyl (C=O) groups excluding carboxylic acids is 2. The average Bonchev–Trinajstić information content (AvgIpc) is 3.22. The summed E-state index contributed by atoms with van der Waals surface area (Å²) in [5, 5.41) is 13.0. The first kappa shape index (κ1) is 19.3. The molecule has 3 rings (SSSR count). The number of aliphatic hydroxyl groups is 1. The zero-order chi connectivity index (χ0) is 19.7. The third-order valence-electron chi connectivity index (χ3n) is 4.85. The molecule has 0 saturated carbocycles. The van der Waals surface area contributed by atoms with Crippen molar-refractivity contribution in [1.29, 1.82) is 0 Å². The molecule has 2 heterocycles. The van der Waals surface area contributed by atoms with Gasteiger partial charge in [0, 0.05) is 10.4 Å². The van der Waals surface area contributed by atoms with Crippen LogP contribution in [0.25, 0.3) is 5.76 Å². The summed E-state index contributed by atoms with van der Waals surface area (Å²) in [6.45, 7) is 5.00. The van der Waals surface area contributed by atoms with Crippen LogP contribution in [0, 0.1) is 13.8 Å². The lowest BCUT2D eigenvalue weighted by Gasteiger charge is -2.24. The second kappa shape index (κ2) is 7.66. The first-order valence-corrected chi connectivity index (χ1v) is 9.87. The van der Waals surface area contributed by atoms with Crippen LogP contribution in [0.15, 0.2) is 41.3 Å². The lowest BCUT2D eigenvalue weighted by molar-refractivity contribution is -0.857. The number of likely N-dealkylation sites (tertiary alicyclic amines) is 1. The van der Waals surface area contributed by atoms with Crippen molar-refractivity contribution < 1.29 is 19.6 Å². The number of thiophene rings is 1. The predicted molar refractivity (Wildman–Crippen MR) is 107 cm³/mol. The van der Waals surface area contributed by atoms with Gasteiger partial charge < -0.3 is 14.9 Å². The zero-order valence-electron chi connectivity index (χ0n) is 16.1. The first-order valence-electron chi connectivity index (χ1n) is 8.99. The summed E-state index contributed by atoms with van der Waals surface area (Å²) in [7, 11) is 4.01. The Kier molecular flexibility index (Phi) is 5.48. The van der Waals surface area contributed by atoms with E-state index >= 15 is 0 Å². The quantitative estimate of drug-likeness (QED) is 0.470. The first-order chi connectivity index (χ1) is 12.8.